The zero-order valence-electron chi connectivity index (χ0n) is 8.16. The van der Waals surface area contributed by atoms with E-state index in [1.165, 1.54) is 0 Å². The number of hydrogen-bond acceptors (Lipinski definition) is 2. The van der Waals surface area contributed by atoms with E-state index < -0.39 is 7.82 Å². The van der Waals surface area contributed by atoms with E-state index in [0.717, 1.165) is 5.69 Å². The molecular formula is C6H11KNO4P. The second-order valence-corrected chi connectivity index (χ2v) is 2.95. The van der Waals surface area contributed by atoms with Crippen LogP contribution in [0.1, 0.15) is 1.43 Å². The molecule has 5 N–H and O–H groups in total. The van der Waals surface area contributed by atoms with E-state index in [4.69, 9.17) is 25.0 Å². The first-order valence-corrected chi connectivity index (χ1v) is 4.55. The van der Waals surface area contributed by atoms with Gasteiger partial charge in [0.25, 0.3) is 0 Å². The molecule has 0 radical (unpaired) electrons. The zero-order chi connectivity index (χ0) is 9.61. The average molecular weight is 231 g/mol. The summed E-state index contributed by atoms with van der Waals surface area (Å²) < 4.78 is 8.88. The van der Waals surface area contributed by atoms with Gasteiger partial charge in [0, 0.05) is 5.69 Å². The number of anilines is 1. The van der Waals surface area contributed by atoms with Crippen molar-refractivity contribution >= 4 is 13.5 Å². The van der Waals surface area contributed by atoms with Gasteiger partial charge in [0.15, 0.2) is 0 Å². The summed E-state index contributed by atoms with van der Waals surface area (Å²) in [7, 11) is -4.64. The maximum absolute atomic E-state index is 8.88. The SMILES string of the molecule is Nc1ccccc1.O=P(O)(O)O.[H-].[K+]. The molecule has 0 atom stereocenters. The van der Waals surface area contributed by atoms with Gasteiger partial charge >= 0.3 is 59.2 Å². The molecule has 0 fully saturated rings. The minimum absolute atomic E-state index is 0. The predicted octanol–water partition coefficient (Wildman–Crippen LogP) is -2.54. The molecule has 0 aliphatic rings. The van der Waals surface area contributed by atoms with Gasteiger partial charge in [-0.05, 0) is 12.1 Å². The number of rotatable bonds is 0. The Balaban J connectivity index is -0.000000159. The van der Waals surface area contributed by atoms with E-state index in [1.807, 2.05) is 30.3 Å². The fourth-order valence-electron chi connectivity index (χ4n) is 0.453. The van der Waals surface area contributed by atoms with Crippen molar-refractivity contribution in [3.63, 3.8) is 0 Å². The van der Waals surface area contributed by atoms with Crippen molar-refractivity contribution in [3.8, 4) is 0 Å². The van der Waals surface area contributed by atoms with Crippen molar-refractivity contribution in [2.75, 3.05) is 5.73 Å². The summed E-state index contributed by atoms with van der Waals surface area (Å²) in [6.45, 7) is 0. The molecule has 0 unspecified atom stereocenters. The van der Waals surface area contributed by atoms with Crippen LogP contribution in [0.4, 0.5) is 5.69 Å². The molecule has 0 spiro atoms. The standard InChI is InChI=1S/C6H7N.K.H3O4P.H/c7-6-4-2-1-3-5-6;;1-5(2,3)4;/h1-5H,7H2;;(H3,1,2,3,4);/q;+1;;-1. The van der Waals surface area contributed by atoms with Crippen LogP contribution in [0.3, 0.4) is 0 Å². The summed E-state index contributed by atoms with van der Waals surface area (Å²) in [6.07, 6.45) is 0. The van der Waals surface area contributed by atoms with E-state index in [2.05, 4.69) is 0 Å². The Labute approximate surface area is 120 Å². The number of nitrogen functional groups attached to an aromatic ring is 1. The monoisotopic (exact) mass is 231 g/mol. The molecule has 1 aromatic carbocycles. The van der Waals surface area contributed by atoms with E-state index in [0.29, 0.717) is 0 Å². The molecule has 0 aromatic heterocycles. The van der Waals surface area contributed by atoms with Crippen molar-refractivity contribution in [3.05, 3.63) is 30.3 Å². The summed E-state index contributed by atoms with van der Waals surface area (Å²) >= 11 is 0. The molecule has 0 saturated heterocycles. The van der Waals surface area contributed by atoms with Gasteiger partial charge < -0.3 is 21.8 Å². The van der Waals surface area contributed by atoms with Crippen LogP contribution in [0.2, 0.25) is 0 Å². The Morgan fingerprint density at radius 3 is 1.62 bits per heavy atom. The molecule has 0 bridgehead atoms. The summed E-state index contributed by atoms with van der Waals surface area (Å²) in [5.41, 5.74) is 6.18. The third-order valence-corrected chi connectivity index (χ3v) is 0.800. The molecule has 13 heavy (non-hydrogen) atoms. The molecular weight excluding hydrogens is 220 g/mol. The molecule has 0 amide bonds. The zero-order valence-corrected chi connectivity index (χ0v) is 11.2. The molecule has 7 heteroatoms. The van der Waals surface area contributed by atoms with Crippen LogP contribution in [0.15, 0.2) is 30.3 Å². The number of benzene rings is 1. The second kappa shape index (κ2) is 8.11. The number of hydrogen-bond donors (Lipinski definition) is 4. The number of phosphoric acid groups is 1. The third kappa shape index (κ3) is 19.3. The van der Waals surface area contributed by atoms with Crippen LogP contribution in [-0.2, 0) is 4.57 Å². The maximum Gasteiger partial charge on any atom is 1.00 e. The Morgan fingerprint density at radius 2 is 1.46 bits per heavy atom. The van der Waals surface area contributed by atoms with Gasteiger partial charge in [-0.1, -0.05) is 18.2 Å². The van der Waals surface area contributed by atoms with Crippen LogP contribution in [0.5, 0.6) is 0 Å². The van der Waals surface area contributed by atoms with Gasteiger partial charge in [0.1, 0.15) is 0 Å². The smallest absolute Gasteiger partial charge is 1.00 e. The molecule has 1 rings (SSSR count). The van der Waals surface area contributed by atoms with Gasteiger partial charge in [-0.15, -0.1) is 0 Å². The fraction of sp³-hybridized carbons (Fsp3) is 0. The fourth-order valence-corrected chi connectivity index (χ4v) is 0.453. The minimum atomic E-state index is -4.64. The van der Waals surface area contributed by atoms with Crippen LogP contribution < -0.4 is 57.1 Å². The van der Waals surface area contributed by atoms with Gasteiger partial charge in [0.05, 0.1) is 0 Å². The molecule has 70 valence electrons. The molecule has 0 aliphatic heterocycles. The van der Waals surface area contributed by atoms with Crippen LogP contribution in [0, 0.1) is 0 Å². The van der Waals surface area contributed by atoms with Crippen LogP contribution >= 0.6 is 7.82 Å². The molecule has 0 aliphatic carbocycles. The Morgan fingerprint density at radius 1 is 1.15 bits per heavy atom. The summed E-state index contributed by atoms with van der Waals surface area (Å²) in [5.74, 6) is 0. The Hall–Kier alpha value is 0.766. The van der Waals surface area contributed by atoms with Crippen molar-refractivity contribution in [1.82, 2.24) is 0 Å². The van der Waals surface area contributed by atoms with Gasteiger partial charge in [-0.25, -0.2) is 4.57 Å². The number of nitrogens with two attached hydrogens (primary N) is 1. The van der Waals surface area contributed by atoms with Crippen molar-refractivity contribution < 1.29 is 72.1 Å². The van der Waals surface area contributed by atoms with E-state index >= 15 is 0 Å². The van der Waals surface area contributed by atoms with Gasteiger partial charge in [-0.2, -0.15) is 0 Å². The quantitative estimate of drug-likeness (QED) is 0.224. The van der Waals surface area contributed by atoms with E-state index in [9.17, 15) is 0 Å². The van der Waals surface area contributed by atoms with E-state index in [1.54, 1.807) is 0 Å². The first-order chi connectivity index (χ1) is 5.39. The van der Waals surface area contributed by atoms with Crippen molar-refractivity contribution in [1.29, 1.82) is 0 Å². The number of para-hydroxylation sites is 1. The van der Waals surface area contributed by atoms with Crippen LogP contribution in [-0.4, -0.2) is 14.7 Å². The van der Waals surface area contributed by atoms with Crippen LogP contribution in [0.25, 0.3) is 0 Å². The minimum Gasteiger partial charge on any atom is -1.00 e. The Kier molecular flexibility index (Phi) is 10.1. The molecule has 0 saturated carbocycles. The summed E-state index contributed by atoms with van der Waals surface area (Å²) in [4.78, 5) is 21.6. The normalized spacial score (nSPS) is 9.15. The topological polar surface area (TPSA) is 104 Å². The summed E-state index contributed by atoms with van der Waals surface area (Å²) in [5, 5.41) is 0. The average Bonchev–Trinajstić information content (AvgIpc) is 1.85. The Bertz CT molecular complexity index is 260. The van der Waals surface area contributed by atoms with Crippen molar-refractivity contribution in [2.45, 2.75) is 0 Å². The van der Waals surface area contributed by atoms with E-state index in [-0.39, 0.29) is 52.8 Å². The largest absolute Gasteiger partial charge is 1.00 e. The van der Waals surface area contributed by atoms with Gasteiger partial charge in [-0.3, -0.25) is 0 Å². The maximum atomic E-state index is 8.88. The summed E-state index contributed by atoms with van der Waals surface area (Å²) in [6, 6.07) is 9.49. The first-order valence-electron chi connectivity index (χ1n) is 2.98. The van der Waals surface area contributed by atoms with Gasteiger partial charge in [0.2, 0.25) is 0 Å². The first kappa shape index (κ1) is 16.2. The second-order valence-electron chi connectivity index (χ2n) is 1.92. The molecule has 1 aromatic rings. The molecule has 0 heterocycles. The third-order valence-electron chi connectivity index (χ3n) is 0.800. The van der Waals surface area contributed by atoms with Crippen molar-refractivity contribution in [2.24, 2.45) is 0 Å². The predicted molar refractivity (Wildman–Crippen MR) is 46.2 cm³/mol. The molecule has 5 nitrogen and oxygen atoms in total.